The first kappa shape index (κ1) is 19.2. The zero-order chi connectivity index (χ0) is 19.7. The van der Waals surface area contributed by atoms with Crippen molar-refractivity contribution in [2.45, 2.75) is 24.6 Å². The van der Waals surface area contributed by atoms with Gasteiger partial charge in [-0.1, -0.05) is 29.8 Å². The molecule has 0 aromatic heterocycles. The second kappa shape index (κ2) is 8.07. The summed E-state index contributed by atoms with van der Waals surface area (Å²) in [7, 11) is 1.36. The van der Waals surface area contributed by atoms with Crippen LogP contribution in [0.4, 0.5) is 4.39 Å². The van der Waals surface area contributed by atoms with Crippen LogP contribution in [-0.4, -0.2) is 49.7 Å². The van der Waals surface area contributed by atoms with Crippen LogP contribution in [-0.2, 0) is 4.74 Å². The standard InChI is InChI=1S/C21H22ClFN2O3/c1-27-20-17(3-2-4-18(20)23)21(26)24-15-9-16-12-28-19(11-25(16)10-15)13-5-7-14(22)8-6-13/h2-8,15-16,19H,9-12H2,1H3,(H,24,26)/t15-,16+,19-/m1/s1. The summed E-state index contributed by atoms with van der Waals surface area (Å²) in [6.07, 6.45) is 0.794. The van der Waals surface area contributed by atoms with Crippen molar-refractivity contribution in [3.8, 4) is 5.75 Å². The van der Waals surface area contributed by atoms with Gasteiger partial charge in [-0.05, 0) is 36.2 Å². The molecule has 0 saturated carbocycles. The summed E-state index contributed by atoms with van der Waals surface area (Å²) in [5.41, 5.74) is 1.31. The Kier molecular flexibility index (Phi) is 5.53. The highest BCUT2D eigenvalue weighted by Gasteiger charge is 2.38. The molecule has 2 aliphatic rings. The SMILES string of the molecule is COc1c(F)cccc1C(=O)N[C@@H]1C[C@H]2CO[C@@H](c3ccc(Cl)cc3)CN2C1. The lowest BCUT2D eigenvalue weighted by atomic mass is 10.1. The van der Waals surface area contributed by atoms with Crippen molar-refractivity contribution in [2.24, 2.45) is 0 Å². The fourth-order valence-corrected chi connectivity index (χ4v) is 4.14. The number of amides is 1. The van der Waals surface area contributed by atoms with Crippen molar-refractivity contribution in [3.05, 3.63) is 64.4 Å². The fourth-order valence-electron chi connectivity index (χ4n) is 4.02. The van der Waals surface area contributed by atoms with Gasteiger partial charge in [0.1, 0.15) is 0 Å². The van der Waals surface area contributed by atoms with Gasteiger partial charge in [0.25, 0.3) is 5.91 Å². The molecule has 2 heterocycles. The summed E-state index contributed by atoms with van der Waals surface area (Å²) in [6, 6.07) is 12.3. The third-order valence-corrected chi connectivity index (χ3v) is 5.66. The van der Waals surface area contributed by atoms with Crippen molar-refractivity contribution in [2.75, 3.05) is 26.8 Å². The van der Waals surface area contributed by atoms with Gasteiger partial charge >= 0.3 is 0 Å². The summed E-state index contributed by atoms with van der Waals surface area (Å²) in [5, 5.41) is 3.72. The number of carbonyl (C=O) groups excluding carboxylic acids is 1. The number of halogens is 2. The quantitative estimate of drug-likeness (QED) is 0.848. The van der Waals surface area contributed by atoms with E-state index in [1.807, 2.05) is 24.3 Å². The number of nitrogens with zero attached hydrogens (tertiary/aromatic N) is 1. The van der Waals surface area contributed by atoms with Gasteiger partial charge in [-0.25, -0.2) is 4.39 Å². The predicted octanol–water partition coefficient (Wildman–Crippen LogP) is 3.43. The number of hydrogen-bond acceptors (Lipinski definition) is 4. The van der Waals surface area contributed by atoms with E-state index in [-0.39, 0.29) is 35.4 Å². The molecule has 2 aromatic carbocycles. The number of carbonyl (C=O) groups is 1. The maximum absolute atomic E-state index is 13.9. The van der Waals surface area contributed by atoms with E-state index < -0.39 is 5.82 Å². The van der Waals surface area contributed by atoms with Gasteiger partial charge < -0.3 is 14.8 Å². The number of morpholine rings is 1. The molecular weight excluding hydrogens is 383 g/mol. The van der Waals surface area contributed by atoms with Crippen LogP contribution in [0.5, 0.6) is 5.75 Å². The molecule has 4 rings (SSSR count). The van der Waals surface area contributed by atoms with Crippen LogP contribution in [0.15, 0.2) is 42.5 Å². The third-order valence-electron chi connectivity index (χ3n) is 5.41. The monoisotopic (exact) mass is 404 g/mol. The van der Waals surface area contributed by atoms with Gasteiger partial charge in [-0.15, -0.1) is 0 Å². The lowest BCUT2D eigenvalue weighted by Crippen LogP contribution is -2.43. The zero-order valence-electron chi connectivity index (χ0n) is 15.5. The normalized spacial score (nSPS) is 24.6. The van der Waals surface area contributed by atoms with Gasteiger partial charge in [0, 0.05) is 30.2 Å². The van der Waals surface area contributed by atoms with Crippen LogP contribution >= 0.6 is 11.6 Å². The van der Waals surface area contributed by atoms with Gasteiger partial charge in [0.15, 0.2) is 11.6 Å². The molecule has 28 heavy (non-hydrogen) atoms. The average Bonchev–Trinajstić information content (AvgIpc) is 3.09. The van der Waals surface area contributed by atoms with Crippen molar-refractivity contribution in [1.82, 2.24) is 10.2 Å². The molecule has 148 valence electrons. The molecule has 0 aliphatic carbocycles. The minimum absolute atomic E-state index is 0.00807. The molecule has 0 bridgehead atoms. The van der Waals surface area contributed by atoms with Crippen molar-refractivity contribution >= 4 is 17.5 Å². The Morgan fingerprint density at radius 2 is 2.04 bits per heavy atom. The molecule has 2 saturated heterocycles. The number of ether oxygens (including phenoxy) is 2. The smallest absolute Gasteiger partial charge is 0.255 e. The second-order valence-electron chi connectivity index (χ2n) is 7.21. The van der Waals surface area contributed by atoms with E-state index in [2.05, 4.69) is 10.2 Å². The molecule has 0 spiro atoms. The van der Waals surface area contributed by atoms with E-state index in [0.29, 0.717) is 11.6 Å². The number of nitrogens with one attached hydrogen (secondary N) is 1. The fraction of sp³-hybridized carbons (Fsp3) is 0.381. The Bertz CT molecular complexity index is 861. The van der Waals surface area contributed by atoms with Gasteiger partial charge in [0.2, 0.25) is 0 Å². The van der Waals surface area contributed by atoms with Crippen LogP contribution in [0, 0.1) is 5.82 Å². The van der Waals surface area contributed by atoms with Crippen LogP contribution in [0.25, 0.3) is 0 Å². The maximum Gasteiger partial charge on any atom is 0.255 e. The minimum atomic E-state index is -0.543. The molecule has 3 atom stereocenters. The Morgan fingerprint density at radius 3 is 2.79 bits per heavy atom. The number of methoxy groups -OCH3 is 1. The second-order valence-corrected chi connectivity index (χ2v) is 7.64. The maximum atomic E-state index is 13.9. The summed E-state index contributed by atoms with van der Waals surface area (Å²) >= 11 is 5.97. The van der Waals surface area contributed by atoms with Gasteiger partial charge in [-0.3, -0.25) is 9.69 Å². The first-order valence-corrected chi connectivity index (χ1v) is 9.67. The first-order valence-electron chi connectivity index (χ1n) is 9.29. The number of benzene rings is 2. The van der Waals surface area contributed by atoms with Gasteiger partial charge in [-0.2, -0.15) is 0 Å². The summed E-state index contributed by atoms with van der Waals surface area (Å²) < 4.78 is 25.0. The molecule has 7 heteroatoms. The van der Waals surface area contributed by atoms with E-state index in [0.717, 1.165) is 25.1 Å². The summed E-state index contributed by atoms with van der Waals surface area (Å²) in [6.45, 7) is 2.12. The third kappa shape index (κ3) is 3.85. The van der Waals surface area contributed by atoms with Crippen LogP contribution in [0.1, 0.15) is 28.4 Å². The molecule has 0 radical (unpaired) electrons. The lowest BCUT2D eigenvalue weighted by molar-refractivity contribution is -0.0502. The minimum Gasteiger partial charge on any atom is -0.493 e. The zero-order valence-corrected chi connectivity index (χ0v) is 16.3. The molecule has 0 unspecified atom stereocenters. The highest BCUT2D eigenvalue weighted by atomic mass is 35.5. The van der Waals surface area contributed by atoms with Gasteiger partial charge in [0.05, 0.1) is 25.4 Å². The van der Waals surface area contributed by atoms with Crippen molar-refractivity contribution < 1.29 is 18.7 Å². The lowest BCUT2D eigenvalue weighted by Gasteiger charge is -2.35. The van der Waals surface area contributed by atoms with E-state index >= 15 is 0 Å². The van der Waals surface area contributed by atoms with Crippen LogP contribution in [0.2, 0.25) is 5.02 Å². The van der Waals surface area contributed by atoms with E-state index in [1.54, 1.807) is 6.07 Å². The molecule has 2 aliphatic heterocycles. The Labute approximate surface area is 168 Å². The Balaban J connectivity index is 1.40. The highest BCUT2D eigenvalue weighted by molar-refractivity contribution is 6.30. The molecule has 5 nitrogen and oxygen atoms in total. The summed E-state index contributed by atoms with van der Waals surface area (Å²) in [5.74, 6) is -0.892. The van der Waals surface area contributed by atoms with E-state index in [1.165, 1.54) is 19.2 Å². The molecular formula is C21H22ClFN2O3. The molecule has 2 fully saturated rings. The van der Waals surface area contributed by atoms with Crippen molar-refractivity contribution in [3.63, 3.8) is 0 Å². The highest BCUT2D eigenvalue weighted by Crippen LogP contribution is 2.31. The topological polar surface area (TPSA) is 50.8 Å². The molecule has 1 amide bonds. The Morgan fingerprint density at radius 1 is 1.25 bits per heavy atom. The number of fused-ring (bicyclic) bond motifs is 1. The Hall–Kier alpha value is -2.15. The number of hydrogen-bond donors (Lipinski definition) is 1. The van der Waals surface area contributed by atoms with E-state index in [9.17, 15) is 9.18 Å². The number of para-hydroxylation sites is 1. The molecule has 2 aromatic rings. The average molecular weight is 405 g/mol. The van der Waals surface area contributed by atoms with Crippen LogP contribution < -0.4 is 10.1 Å². The predicted molar refractivity (Wildman–Crippen MR) is 104 cm³/mol. The molecule has 1 N–H and O–H groups in total. The first-order chi connectivity index (χ1) is 13.5. The van der Waals surface area contributed by atoms with Crippen LogP contribution in [0.3, 0.4) is 0 Å². The number of rotatable bonds is 4. The largest absolute Gasteiger partial charge is 0.493 e. The van der Waals surface area contributed by atoms with E-state index in [4.69, 9.17) is 21.1 Å². The summed E-state index contributed by atoms with van der Waals surface area (Å²) in [4.78, 5) is 15.0. The van der Waals surface area contributed by atoms with Crippen molar-refractivity contribution in [1.29, 1.82) is 0 Å².